The van der Waals surface area contributed by atoms with Gasteiger partial charge >= 0.3 is 0 Å². The number of hydrogen-bond donors (Lipinski definition) is 1. The van der Waals surface area contributed by atoms with Gasteiger partial charge in [-0.1, -0.05) is 32.1 Å². The minimum absolute atomic E-state index is 0.0216. The molecule has 2 rings (SSSR count). The van der Waals surface area contributed by atoms with Crippen molar-refractivity contribution >= 4 is 25.4 Å². The van der Waals surface area contributed by atoms with Crippen LogP contribution in [0.1, 0.15) is 51.9 Å². The van der Waals surface area contributed by atoms with Crippen molar-refractivity contribution in [3.63, 3.8) is 0 Å². The second-order valence-corrected chi connectivity index (χ2v) is 11.3. The molecule has 1 aromatic carbocycles. The lowest BCUT2D eigenvalue weighted by Gasteiger charge is -2.24. The Kier molecular flexibility index (Phi) is 6.54. The summed E-state index contributed by atoms with van der Waals surface area (Å²) in [5, 5.41) is 3.26. The number of sulfone groups is 2. The monoisotopic (exact) mass is 387 g/mol. The molecule has 0 heterocycles. The molecule has 0 aromatic heterocycles. The Morgan fingerprint density at radius 2 is 1.68 bits per heavy atom. The Morgan fingerprint density at radius 1 is 1.04 bits per heavy atom. The Morgan fingerprint density at radius 3 is 2.24 bits per heavy atom. The van der Waals surface area contributed by atoms with E-state index in [1.165, 1.54) is 44.2 Å². The SMILES string of the molecule is CC(CCC1CCCCC1)Nc1ccc(S(C)(=O)=O)cc1S(C)(=O)=O. The Labute approximate surface area is 152 Å². The molecular weight excluding hydrogens is 358 g/mol. The highest BCUT2D eigenvalue weighted by atomic mass is 32.2. The fourth-order valence-electron chi connectivity index (χ4n) is 3.46. The van der Waals surface area contributed by atoms with Crippen LogP contribution >= 0.6 is 0 Å². The fourth-order valence-corrected chi connectivity index (χ4v) is 5.05. The van der Waals surface area contributed by atoms with Crippen LogP contribution in [0.5, 0.6) is 0 Å². The lowest BCUT2D eigenvalue weighted by atomic mass is 9.85. The Balaban J connectivity index is 2.12. The van der Waals surface area contributed by atoms with Crippen molar-refractivity contribution in [1.82, 2.24) is 0 Å². The molecule has 7 heteroatoms. The number of hydrogen-bond acceptors (Lipinski definition) is 5. The Hall–Kier alpha value is -1.08. The van der Waals surface area contributed by atoms with Crippen LogP contribution in [0.2, 0.25) is 0 Å². The largest absolute Gasteiger partial charge is 0.382 e. The Bertz CT molecular complexity index is 794. The highest BCUT2D eigenvalue weighted by Crippen LogP contribution is 2.29. The van der Waals surface area contributed by atoms with E-state index < -0.39 is 19.7 Å². The van der Waals surface area contributed by atoms with Crippen molar-refractivity contribution in [2.45, 2.75) is 67.7 Å². The zero-order valence-electron chi connectivity index (χ0n) is 15.3. The summed E-state index contributed by atoms with van der Waals surface area (Å²) in [7, 11) is -6.97. The molecule has 1 aliphatic rings. The van der Waals surface area contributed by atoms with E-state index in [0.717, 1.165) is 31.3 Å². The van der Waals surface area contributed by atoms with Gasteiger partial charge in [0, 0.05) is 18.6 Å². The second kappa shape index (κ2) is 8.08. The van der Waals surface area contributed by atoms with Gasteiger partial charge in [-0.2, -0.15) is 0 Å². The maximum absolute atomic E-state index is 12.1. The van der Waals surface area contributed by atoms with E-state index in [9.17, 15) is 16.8 Å². The smallest absolute Gasteiger partial charge is 0.177 e. The molecule has 142 valence electrons. The number of rotatable bonds is 7. The first-order chi connectivity index (χ1) is 11.6. The number of anilines is 1. The molecule has 0 bridgehead atoms. The molecular formula is C18H29NO4S2. The third-order valence-corrected chi connectivity index (χ3v) is 7.16. The molecule has 1 aromatic rings. The van der Waals surface area contributed by atoms with E-state index >= 15 is 0 Å². The molecule has 1 saturated carbocycles. The maximum Gasteiger partial charge on any atom is 0.177 e. The van der Waals surface area contributed by atoms with Crippen LogP contribution < -0.4 is 5.32 Å². The van der Waals surface area contributed by atoms with Crippen molar-refractivity contribution in [2.24, 2.45) is 5.92 Å². The van der Waals surface area contributed by atoms with Gasteiger partial charge in [0.25, 0.3) is 0 Å². The molecule has 25 heavy (non-hydrogen) atoms. The summed E-state index contributed by atoms with van der Waals surface area (Å²) in [6.45, 7) is 2.04. The van der Waals surface area contributed by atoms with Crippen LogP contribution in [-0.4, -0.2) is 35.4 Å². The van der Waals surface area contributed by atoms with Gasteiger partial charge in [-0.05, 0) is 43.9 Å². The highest BCUT2D eigenvalue weighted by molar-refractivity contribution is 7.91. The third-order valence-electron chi connectivity index (χ3n) is 4.92. The molecule has 0 spiro atoms. The number of nitrogens with one attached hydrogen (secondary N) is 1. The minimum atomic E-state index is -3.52. The predicted molar refractivity (Wildman–Crippen MR) is 102 cm³/mol. The molecule has 1 unspecified atom stereocenters. The average molecular weight is 388 g/mol. The summed E-state index contributed by atoms with van der Waals surface area (Å²) in [6, 6.07) is 4.40. The summed E-state index contributed by atoms with van der Waals surface area (Å²) in [5.74, 6) is 0.778. The van der Waals surface area contributed by atoms with Crippen LogP contribution in [0, 0.1) is 5.92 Å². The zero-order valence-corrected chi connectivity index (χ0v) is 16.9. The standard InChI is InChI=1S/C18H29NO4S2/c1-14(9-10-15-7-5-4-6-8-15)19-17-12-11-16(24(2,20)21)13-18(17)25(3,22)23/h11-15,19H,4-10H2,1-3H3. The first-order valence-electron chi connectivity index (χ1n) is 8.88. The molecule has 0 saturated heterocycles. The van der Waals surface area contributed by atoms with E-state index in [2.05, 4.69) is 5.32 Å². The summed E-state index contributed by atoms with van der Waals surface area (Å²) < 4.78 is 47.6. The quantitative estimate of drug-likeness (QED) is 0.772. The van der Waals surface area contributed by atoms with Gasteiger partial charge in [-0.25, -0.2) is 16.8 Å². The average Bonchev–Trinajstić information content (AvgIpc) is 2.52. The van der Waals surface area contributed by atoms with Crippen molar-refractivity contribution in [3.05, 3.63) is 18.2 Å². The first-order valence-corrected chi connectivity index (χ1v) is 12.7. The van der Waals surface area contributed by atoms with E-state index in [4.69, 9.17) is 0 Å². The molecule has 1 N–H and O–H groups in total. The van der Waals surface area contributed by atoms with Gasteiger partial charge in [-0.3, -0.25) is 0 Å². The molecule has 1 atom stereocenters. The zero-order chi connectivity index (χ0) is 18.7. The highest BCUT2D eigenvalue weighted by Gasteiger charge is 2.20. The minimum Gasteiger partial charge on any atom is -0.382 e. The van der Waals surface area contributed by atoms with Gasteiger partial charge in [-0.15, -0.1) is 0 Å². The fraction of sp³-hybridized carbons (Fsp3) is 0.667. The summed E-state index contributed by atoms with van der Waals surface area (Å²) in [4.78, 5) is 0.0632. The summed E-state index contributed by atoms with van der Waals surface area (Å²) in [5.41, 5.74) is 0.478. The van der Waals surface area contributed by atoms with E-state index in [1.807, 2.05) is 6.92 Å². The summed E-state index contributed by atoms with van der Waals surface area (Å²) >= 11 is 0. The molecule has 1 aliphatic carbocycles. The van der Waals surface area contributed by atoms with Crippen LogP contribution in [0.25, 0.3) is 0 Å². The lowest BCUT2D eigenvalue weighted by Crippen LogP contribution is -2.19. The molecule has 0 aliphatic heterocycles. The van der Waals surface area contributed by atoms with E-state index in [-0.39, 0.29) is 15.8 Å². The van der Waals surface area contributed by atoms with Crippen LogP contribution in [-0.2, 0) is 19.7 Å². The van der Waals surface area contributed by atoms with Crippen LogP contribution in [0.4, 0.5) is 5.69 Å². The van der Waals surface area contributed by atoms with Crippen molar-refractivity contribution < 1.29 is 16.8 Å². The molecule has 1 fully saturated rings. The van der Waals surface area contributed by atoms with Gasteiger partial charge in [0.15, 0.2) is 19.7 Å². The van der Waals surface area contributed by atoms with Crippen molar-refractivity contribution in [1.29, 1.82) is 0 Å². The molecule has 0 radical (unpaired) electrons. The predicted octanol–water partition coefficient (Wildman–Crippen LogP) is 3.65. The molecule has 5 nitrogen and oxygen atoms in total. The van der Waals surface area contributed by atoms with Crippen molar-refractivity contribution in [3.8, 4) is 0 Å². The first kappa shape index (κ1) is 20.2. The van der Waals surface area contributed by atoms with E-state index in [0.29, 0.717) is 5.69 Å². The molecule has 0 amide bonds. The topological polar surface area (TPSA) is 80.3 Å². The normalized spacial score (nSPS) is 18.0. The van der Waals surface area contributed by atoms with Gasteiger partial charge in [0.2, 0.25) is 0 Å². The third kappa shape index (κ3) is 5.99. The van der Waals surface area contributed by atoms with Crippen LogP contribution in [0.15, 0.2) is 28.0 Å². The van der Waals surface area contributed by atoms with Gasteiger partial charge in [0.05, 0.1) is 15.5 Å². The summed E-state index contributed by atoms with van der Waals surface area (Å²) in [6.07, 6.45) is 10.9. The number of benzene rings is 1. The lowest BCUT2D eigenvalue weighted by molar-refractivity contribution is 0.328. The van der Waals surface area contributed by atoms with Crippen molar-refractivity contribution in [2.75, 3.05) is 17.8 Å². The van der Waals surface area contributed by atoms with Gasteiger partial charge in [0.1, 0.15) is 0 Å². The van der Waals surface area contributed by atoms with Crippen LogP contribution in [0.3, 0.4) is 0 Å². The van der Waals surface area contributed by atoms with Gasteiger partial charge < -0.3 is 5.32 Å². The second-order valence-electron chi connectivity index (χ2n) is 7.33. The van der Waals surface area contributed by atoms with E-state index in [1.54, 1.807) is 6.07 Å². The maximum atomic E-state index is 12.1.